The zero-order valence-corrected chi connectivity index (χ0v) is 13.5. The Morgan fingerprint density at radius 2 is 1.83 bits per heavy atom. The summed E-state index contributed by atoms with van der Waals surface area (Å²) in [7, 11) is 4.58. The van der Waals surface area contributed by atoms with Crippen molar-refractivity contribution in [2.75, 3.05) is 26.6 Å². The molecule has 1 aliphatic rings. The molecular weight excluding hydrogens is 312 g/mol. The molecule has 1 aliphatic heterocycles. The third-order valence-corrected chi connectivity index (χ3v) is 3.43. The number of ether oxygens (including phenoxy) is 4. The van der Waals surface area contributed by atoms with Gasteiger partial charge in [-0.3, -0.25) is 4.79 Å². The Morgan fingerprint density at radius 3 is 2.46 bits per heavy atom. The van der Waals surface area contributed by atoms with Crippen molar-refractivity contribution in [1.82, 2.24) is 4.98 Å². The fraction of sp³-hybridized carbons (Fsp3) is 0.176. The molecule has 1 N–H and O–H groups in total. The van der Waals surface area contributed by atoms with E-state index in [2.05, 4.69) is 10.3 Å². The summed E-state index contributed by atoms with van der Waals surface area (Å²) in [5.41, 5.74) is 0.669. The van der Waals surface area contributed by atoms with Gasteiger partial charge in [-0.1, -0.05) is 0 Å². The first-order valence-electron chi connectivity index (χ1n) is 7.12. The van der Waals surface area contributed by atoms with Crippen LogP contribution in [0.5, 0.6) is 23.0 Å². The number of fused-ring (bicyclic) bond motifs is 1. The van der Waals surface area contributed by atoms with Crippen LogP contribution < -0.4 is 24.3 Å². The predicted molar refractivity (Wildman–Crippen MR) is 87.6 cm³/mol. The van der Waals surface area contributed by atoms with Crippen molar-refractivity contribution in [1.29, 1.82) is 0 Å². The van der Waals surface area contributed by atoms with Gasteiger partial charge in [-0.25, -0.2) is 4.98 Å². The number of hydrogen-bond donors (Lipinski definition) is 1. The summed E-state index contributed by atoms with van der Waals surface area (Å²) in [5.74, 6) is 2.09. The minimum atomic E-state index is -0.380. The molecule has 2 aromatic rings. The summed E-state index contributed by atoms with van der Waals surface area (Å²) in [4.78, 5) is 16.2. The Morgan fingerprint density at radius 1 is 1.12 bits per heavy atom. The lowest BCUT2D eigenvalue weighted by molar-refractivity contribution is -0.115. The molecule has 3 rings (SSSR count). The third-order valence-electron chi connectivity index (χ3n) is 3.43. The second-order valence-electron chi connectivity index (χ2n) is 4.87. The lowest BCUT2D eigenvalue weighted by Crippen LogP contribution is -2.24. The van der Waals surface area contributed by atoms with Crippen LogP contribution in [0, 0.1) is 0 Å². The van der Waals surface area contributed by atoms with E-state index in [1.165, 1.54) is 21.3 Å². The number of carbonyl (C=O) groups is 1. The molecule has 2 heterocycles. The van der Waals surface area contributed by atoms with Crippen LogP contribution in [0.2, 0.25) is 0 Å². The number of aromatic nitrogens is 1. The van der Waals surface area contributed by atoms with Gasteiger partial charge in [0.25, 0.3) is 5.91 Å². The van der Waals surface area contributed by atoms with E-state index in [0.717, 1.165) is 0 Å². The van der Waals surface area contributed by atoms with Crippen molar-refractivity contribution in [2.45, 2.75) is 0 Å². The van der Waals surface area contributed by atoms with Crippen molar-refractivity contribution in [2.24, 2.45) is 0 Å². The van der Waals surface area contributed by atoms with Gasteiger partial charge in [-0.05, 0) is 35.9 Å². The largest absolute Gasteiger partial charge is 0.493 e. The highest BCUT2D eigenvalue weighted by molar-refractivity contribution is 6.07. The van der Waals surface area contributed by atoms with Crippen LogP contribution in [0.4, 0.5) is 5.82 Å². The summed E-state index contributed by atoms with van der Waals surface area (Å²) >= 11 is 0. The molecule has 1 aromatic heterocycles. The highest BCUT2D eigenvalue weighted by Crippen LogP contribution is 2.39. The van der Waals surface area contributed by atoms with Crippen LogP contribution >= 0.6 is 0 Å². The minimum absolute atomic E-state index is 0.143. The molecule has 0 radical (unpaired) electrons. The highest BCUT2D eigenvalue weighted by atomic mass is 16.5. The average molecular weight is 328 g/mol. The lowest BCUT2D eigenvalue weighted by atomic mass is 10.1. The summed E-state index contributed by atoms with van der Waals surface area (Å²) in [6, 6.07) is 6.91. The molecule has 7 nitrogen and oxygen atoms in total. The molecule has 0 saturated heterocycles. The number of carbonyl (C=O) groups excluding carboxylic acids is 1. The van der Waals surface area contributed by atoms with Gasteiger partial charge < -0.3 is 24.3 Å². The number of rotatable bonds is 4. The zero-order valence-electron chi connectivity index (χ0n) is 13.5. The van der Waals surface area contributed by atoms with Crippen molar-refractivity contribution in [3.63, 3.8) is 0 Å². The van der Waals surface area contributed by atoms with Gasteiger partial charge >= 0.3 is 0 Å². The maximum atomic E-state index is 12.2. The molecule has 0 fully saturated rings. The third kappa shape index (κ3) is 2.83. The first-order valence-corrected chi connectivity index (χ1v) is 7.12. The Labute approximate surface area is 138 Å². The maximum Gasteiger partial charge on any atom is 0.292 e. The Kier molecular flexibility index (Phi) is 4.24. The van der Waals surface area contributed by atoms with E-state index in [4.69, 9.17) is 18.9 Å². The van der Waals surface area contributed by atoms with E-state index >= 15 is 0 Å². The normalized spacial score (nSPS) is 14.5. The molecule has 7 heteroatoms. The van der Waals surface area contributed by atoms with Crippen LogP contribution in [-0.2, 0) is 4.79 Å². The molecule has 0 atom stereocenters. The first kappa shape index (κ1) is 15.7. The van der Waals surface area contributed by atoms with Crippen LogP contribution in [0.15, 0.2) is 36.2 Å². The van der Waals surface area contributed by atoms with Gasteiger partial charge in [0.1, 0.15) is 0 Å². The molecule has 24 heavy (non-hydrogen) atoms. The van der Waals surface area contributed by atoms with E-state index in [1.54, 1.807) is 36.5 Å². The monoisotopic (exact) mass is 328 g/mol. The smallest absolute Gasteiger partial charge is 0.292 e. The quantitative estimate of drug-likeness (QED) is 0.869. The minimum Gasteiger partial charge on any atom is -0.493 e. The number of anilines is 1. The van der Waals surface area contributed by atoms with Crippen molar-refractivity contribution < 1.29 is 23.7 Å². The molecule has 1 aromatic carbocycles. The van der Waals surface area contributed by atoms with Crippen molar-refractivity contribution >= 4 is 17.8 Å². The maximum absolute atomic E-state index is 12.2. The highest BCUT2D eigenvalue weighted by Gasteiger charge is 2.23. The van der Waals surface area contributed by atoms with Gasteiger partial charge in [0, 0.05) is 6.20 Å². The molecule has 0 saturated carbocycles. The van der Waals surface area contributed by atoms with Crippen molar-refractivity contribution in [3.05, 3.63) is 41.8 Å². The number of nitrogens with one attached hydrogen (secondary N) is 1. The first-order chi connectivity index (χ1) is 11.7. The Balaban J connectivity index is 2.01. The molecule has 1 amide bonds. The Bertz CT molecular complexity index is 791. The number of amides is 1. The van der Waals surface area contributed by atoms with Gasteiger partial charge in [-0.15, -0.1) is 0 Å². The van der Waals surface area contributed by atoms with Crippen LogP contribution in [0.25, 0.3) is 6.08 Å². The second kappa shape index (κ2) is 6.49. The predicted octanol–water partition coefficient (Wildman–Crippen LogP) is 2.48. The summed E-state index contributed by atoms with van der Waals surface area (Å²) in [5, 5.41) is 2.68. The molecule has 0 aliphatic carbocycles. The SMILES string of the molecule is COc1cc(/C=C2\Oc3cccnc3NC2=O)cc(OC)c1OC. The van der Waals surface area contributed by atoms with Crippen LogP contribution in [0.1, 0.15) is 5.56 Å². The number of methoxy groups -OCH3 is 3. The topological polar surface area (TPSA) is 78.9 Å². The average Bonchev–Trinajstić information content (AvgIpc) is 2.61. The van der Waals surface area contributed by atoms with E-state index in [-0.39, 0.29) is 11.7 Å². The second-order valence-corrected chi connectivity index (χ2v) is 4.87. The van der Waals surface area contributed by atoms with E-state index in [9.17, 15) is 4.79 Å². The van der Waals surface area contributed by atoms with Crippen molar-refractivity contribution in [3.8, 4) is 23.0 Å². The fourth-order valence-electron chi connectivity index (χ4n) is 2.33. The number of nitrogens with zero attached hydrogens (tertiary/aromatic N) is 1. The summed E-state index contributed by atoms with van der Waals surface area (Å²) < 4.78 is 21.5. The van der Waals surface area contributed by atoms with Gasteiger partial charge in [-0.2, -0.15) is 0 Å². The fourth-order valence-corrected chi connectivity index (χ4v) is 2.33. The van der Waals surface area contributed by atoms with Gasteiger partial charge in [0.05, 0.1) is 21.3 Å². The van der Waals surface area contributed by atoms with E-state index in [1.807, 2.05) is 0 Å². The van der Waals surface area contributed by atoms with E-state index in [0.29, 0.717) is 34.4 Å². The number of pyridine rings is 1. The van der Waals surface area contributed by atoms with Crippen LogP contribution in [0.3, 0.4) is 0 Å². The molecular formula is C17H16N2O5. The number of benzene rings is 1. The molecule has 0 spiro atoms. The standard InChI is InChI=1S/C17H16N2O5/c1-21-12-7-10(8-13(22-2)15(12)23-3)9-14-17(20)19-16-11(24-14)5-4-6-18-16/h4-9H,1-3H3,(H,18,19,20)/b14-9-. The zero-order chi connectivity index (χ0) is 17.1. The van der Waals surface area contributed by atoms with Gasteiger partial charge in [0.2, 0.25) is 5.75 Å². The molecule has 124 valence electrons. The van der Waals surface area contributed by atoms with Gasteiger partial charge in [0.15, 0.2) is 28.8 Å². The Hall–Kier alpha value is -3.22. The summed E-state index contributed by atoms with van der Waals surface area (Å²) in [6.45, 7) is 0. The van der Waals surface area contributed by atoms with Crippen LogP contribution in [-0.4, -0.2) is 32.2 Å². The summed E-state index contributed by atoms with van der Waals surface area (Å²) in [6.07, 6.45) is 3.17. The number of hydrogen-bond acceptors (Lipinski definition) is 6. The van der Waals surface area contributed by atoms with E-state index < -0.39 is 0 Å². The molecule has 0 bridgehead atoms. The lowest BCUT2D eigenvalue weighted by Gasteiger charge is -2.19. The molecule has 0 unspecified atom stereocenters.